The molecule has 2 N–H and O–H groups in total. The van der Waals surface area contributed by atoms with Gasteiger partial charge in [-0.15, -0.1) is 0 Å². The Balaban J connectivity index is 1.57. The number of hydrogen-bond acceptors (Lipinski definition) is 6. The summed E-state index contributed by atoms with van der Waals surface area (Å²) in [6.07, 6.45) is 3.37. The highest BCUT2D eigenvalue weighted by atomic mass is 15.3. The summed E-state index contributed by atoms with van der Waals surface area (Å²) in [5.41, 5.74) is 7.86. The van der Waals surface area contributed by atoms with E-state index >= 15 is 0 Å². The summed E-state index contributed by atoms with van der Waals surface area (Å²) < 4.78 is 0. The molecule has 1 saturated heterocycles. The summed E-state index contributed by atoms with van der Waals surface area (Å²) in [4.78, 5) is 17.6. The second-order valence-corrected chi connectivity index (χ2v) is 5.63. The maximum absolute atomic E-state index is 5.74. The van der Waals surface area contributed by atoms with Crippen LogP contribution in [0, 0.1) is 0 Å². The monoisotopic (exact) mass is 306 g/mol. The number of aromatic nitrogens is 3. The van der Waals surface area contributed by atoms with E-state index in [1.165, 1.54) is 5.69 Å². The topological polar surface area (TPSA) is 71.2 Å². The van der Waals surface area contributed by atoms with Gasteiger partial charge in [-0.05, 0) is 12.1 Å². The van der Waals surface area contributed by atoms with Crippen LogP contribution in [0.15, 0.2) is 48.9 Å². The Morgan fingerprint density at radius 3 is 2.39 bits per heavy atom. The number of nitrogen functional groups attached to an aromatic ring is 1. The van der Waals surface area contributed by atoms with E-state index in [1.54, 1.807) is 18.6 Å². The predicted molar refractivity (Wildman–Crippen MR) is 92.6 cm³/mol. The Morgan fingerprint density at radius 2 is 1.61 bits per heavy atom. The number of pyridine rings is 1. The highest BCUT2D eigenvalue weighted by Crippen LogP contribution is 2.25. The molecule has 0 atom stereocenters. The molecule has 0 aliphatic carbocycles. The molecule has 116 valence electrons. The van der Waals surface area contributed by atoms with Crippen molar-refractivity contribution in [2.75, 3.05) is 41.7 Å². The molecule has 4 rings (SSSR count). The molecule has 1 aliphatic rings. The van der Waals surface area contributed by atoms with Crippen molar-refractivity contribution in [3.8, 4) is 0 Å². The van der Waals surface area contributed by atoms with E-state index in [0.29, 0.717) is 5.82 Å². The molecule has 6 heteroatoms. The van der Waals surface area contributed by atoms with Gasteiger partial charge >= 0.3 is 0 Å². The number of para-hydroxylation sites is 1. The third-order valence-electron chi connectivity index (χ3n) is 4.22. The molecular formula is C17H18N6. The number of nitrogens with zero attached hydrogens (tertiary/aromatic N) is 5. The fourth-order valence-corrected chi connectivity index (χ4v) is 3.02. The van der Waals surface area contributed by atoms with Crippen molar-refractivity contribution in [2.24, 2.45) is 0 Å². The number of fused-ring (bicyclic) bond motifs is 1. The Morgan fingerprint density at radius 1 is 0.870 bits per heavy atom. The van der Waals surface area contributed by atoms with Gasteiger partial charge in [0.05, 0.1) is 10.9 Å². The summed E-state index contributed by atoms with van der Waals surface area (Å²) in [7, 11) is 0. The van der Waals surface area contributed by atoms with Crippen LogP contribution in [0.5, 0.6) is 0 Å². The number of anilines is 3. The van der Waals surface area contributed by atoms with E-state index in [9.17, 15) is 0 Å². The summed E-state index contributed by atoms with van der Waals surface area (Å²) in [6, 6.07) is 12.3. The molecular weight excluding hydrogens is 288 g/mol. The molecule has 1 aromatic carbocycles. The van der Waals surface area contributed by atoms with Crippen LogP contribution in [0.4, 0.5) is 17.3 Å². The molecule has 0 radical (unpaired) electrons. The van der Waals surface area contributed by atoms with Gasteiger partial charge in [-0.2, -0.15) is 0 Å². The third-order valence-corrected chi connectivity index (χ3v) is 4.22. The van der Waals surface area contributed by atoms with Gasteiger partial charge in [0.15, 0.2) is 0 Å². The van der Waals surface area contributed by atoms with Crippen LogP contribution in [0.2, 0.25) is 0 Å². The van der Waals surface area contributed by atoms with Gasteiger partial charge in [0.25, 0.3) is 0 Å². The average Bonchev–Trinajstić information content (AvgIpc) is 2.62. The number of piperazine rings is 1. The Bertz CT molecular complexity index is 812. The molecule has 3 heterocycles. The van der Waals surface area contributed by atoms with E-state index in [1.807, 2.05) is 6.07 Å². The Labute approximate surface area is 134 Å². The predicted octanol–water partition coefficient (Wildman–Crippen LogP) is 1.93. The molecule has 0 bridgehead atoms. The van der Waals surface area contributed by atoms with Gasteiger partial charge < -0.3 is 15.5 Å². The molecule has 2 aromatic heterocycles. The van der Waals surface area contributed by atoms with E-state index in [0.717, 1.165) is 42.9 Å². The Hall–Kier alpha value is -2.89. The van der Waals surface area contributed by atoms with Crippen molar-refractivity contribution in [2.45, 2.75) is 0 Å². The average molecular weight is 306 g/mol. The van der Waals surface area contributed by atoms with Gasteiger partial charge in [-0.1, -0.05) is 18.2 Å². The zero-order chi connectivity index (χ0) is 15.6. The molecule has 0 unspecified atom stereocenters. The molecule has 0 amide bonds. The van der Waals surface area contributed by atoms with Crippen LogP contribution in [0.25, 0.3) is 10.9 Å². The first-order valence-corrected chi connectivity index (χ1v) is 7.72. The third kappa shape index (κ3) is 2.63. The van der Waals surface area contributed by atoms with Crippen molar-refractivity contribution in [1.29, 1.82) is 0 Å². The second-order valence-electron chi connectivity index (χ2n) is 5.63. The molecule has 0 saturated carbocycles. The first kappa shape index (κ1) is 13.8. The van der Waals surface area contributed by atoms with Crippen molar-refractivity contribution in [1.82, 2.24) is 15.0 Å². The van der Waals surface area contributed by atoms with Gasteiger partial charge in [-0.25, -0.2) is 15.0 Å². The first-order valence-electron chi connectivity index (χ1n) is 7.72. The van der Waals surface area contributed by atoms with Crippen LogP contribution < -0.4 is 15.5 Å². The van der Waals surface area contributed by atoms with Gasteiger partial charge in [-0.3, -0.25) is 0 Å². The van der Waals surface area contributed by atoms with Crippen LogP contribution in [-0.2, 0) is 0 Å². The molecule has 3 aromatic rings. The second kappa shape index (κ2) is 5.72. The Kier molecular flexibility index (Phi) is 3.42. The fourth-order valence-electron chi connectivity index (χ4n) is 3.02. The van der Waals surface area contributed by atoms with Crippen molar-refractivity contribution >= 4 is 28.2 Å². The van der Waals surface area contributed by atoms with E-state index in [-0.39, 0.29) is 0 Å². The number of nitrogens with two attached hydrogens (primary N) is 1. The SMILES string of the molecule is Nc1cc2ncnc(N3CCN(c4ccccc4)CC3)c2cn1. The van der Waals surface area contributed by atoms with Gasteiger partial charge in [0, 0.05) is 44.1 Å². The first-order chi connectivity index (χ1) is 11.3. The lowest BCUT2D eigenvalue weighted by Crippen LogP contribution is -2.46. The van der Waals surface area contributed by atoms with E-state index < -0.39 is 0 Å². The van der Waals surface area contributed by atoms with Gasteiger partial charge in [0.2, 0.25) is 0 Å². The molecule has 1 fully saturated rings. The summed E-state index contributed by atoms with van der Waals surface area (Å²) >= 11 is 0. The van der Waals surface area contributed by atoms with Crippen LogP contribution in [-0.4, -0.2) is 41.1 Å². The van der Waals surface area contributed by atoms with Crippen molar-refractivity contribution in [3.63, 3.8) is 0 Å². The van der Waals surface area contributed by atoms with E-state index in [4.69, 9.17) is 5.73 Å². The normalized spacial score (nSPS) is 15.1. The minimum Gasteiger partial charge on any atom is -0.384 e. The largest absolute Gasteiger partial charge is 0.384 e. The quantitative estimate of drug-likeness (QED) is 0.780. The van der Waals surface area contributed by atoms with Crippen molar-refractivity contribution < 1.29 is 0 Å². The lowest BCUT2D eigenvalue weighted by molar-refractivity contribution is 0.649. The maximum atomic E-state index is 5.74. The highest BCUT2D eigenvalue weighted by molar-refractivity contribution is 5.89. The fraction of sp³-hybridized carbons (Fsp3) is 0.235. The van der Waals surface area contributed by atoms with Gasteiger partial charge in [0.1, 0.15) is 18.0 Å². The van der Waals surface area contributed by atoms with Crippen LogP contribution in [0.3, 0.4) is 0 Å². The summed E-state index contributed by atoms with van der Waals surface area (Å²) in [6.45, 7) is 3.78. The smallest absolute Gasteiger partial charge is 0.141 e. The zero-order valence-corrected chi connectivity index (χ0v) is 12.8. The number of hydrogen-bond donors (Lipinski definition) is 1. The van der Waals surface area contributed by atoms with E-state index in [2.05, 4.69) is 49.0 Å². The zero-order valence-electron chi connectivity index (χ0n) is 12.8. The standard InChI is InChI=1S/C17H18N6/c18-16-10-15-14(11-19-16)17(21-12-20-15)23-8-6-22(7-9-23)13-4-2-1-3-5-13/h1-5,10-12H,6-9H2,(H2,18,19). The minimum absolute atomic E-state index is 0.482. The molecule has 23 heavy (non-hydrogen) atoms. The van der Waals surface area contributed by atoms with Crippen LogP contribution >= 0.6 is 0 Å². The van der Waals surface area contributed by atoms with Crippen molar-refractivity contribution in [3.05, 3.63) is 48.9 Å². The lowest BCUT2D eigenvalue weighted by atomic mass is 10.2. The maximum Gasteiger partial charge on any atom is 0.141 e. The minimum atomic E-state index is 0.482. The summed E-state index contributed by atoms with van der Waals surface area (Å²) in [5, 5.41) is 0.954. The molecule has 0 spiro atoms. The summed E-state index contributed by atoms with van der Waals surface area (Å²) in [5.74, 6) is 1.42. The molecule has 1 aliphatic heterocycles. The highest BCUT2D eigenvalue weighted by Gasteiger charge is 2.20. The number of rotatable bonds is 2. The molecule has 6 nitrogen and oxygen atoms in total. The lowest BCUT2D eigenvalue weighted by Gasteiger charge is -2.37. The number of benzene rings is 1. The van der Waals surface area contributed by atoms with Crippen LogP contribution in [0.1, 0.15) is 0 Å².